The van der Waals surface area contributed by atoms with Gasteiger partial charge in [0.25, 0.3) is 0 Å². The molecule has 0 saturated heterocycles. The number of nitrogens with one attached hydrogen (secondary N) is 1. The molecule has 1 aromatic heterocycles. The summed E-state index contributed by atoms with van der Waals surface area (Å²) in [7, 11) is 0. The van der Waals surface area contributed by atoms with E-state index in [4.69, 9.17) is 0 Å². The highest BCUT2D eigenvalue weighted by atomic mass is 32.2. The molecule has 0 fully saturated rings. The third-order valence-corrected chi connectivity index (χ3v) is 3.39. The average Bonchev–Trinajstić information content (AvgIpc) is 2.81. The van der Waals surface area contributed by atoms with Crippen LogP contribution in [-0.2, 0) is 0 Å². The Bertz CT molecular complexity index is 463. The number of nitrogens with zero attached hydrogens (tertiary/aromatic N) is 2. The number of aromatic amines is 1. The number of benzene rings is 1. The van der Waals surface area contributed by atoms with E-state index in [1.807, 2.05) is 0 Å². The molecule has 3 nitrogen and oxygen atoms in total. The predicted molar refractivity (Wildman–Crippen MR) is 67.7 cm³/mol. The molecule has 0 unspecified atom stereocenters. The average molecular weight is 233 g/mol. The first kappa shape index (κ1) is 11.2. The van der Waals surface area contributed by atoms with E-state index in [-0.39, 0.29) is 0 Å². The van der Waals surface area contributed by atoms with Gasteiger partial charge in [-0.2, -0.15) is 5.10 Å². The molecule has 84 valence electrons. The van der Waals surface area contributed by atoms with Gasteiger partial charge in [0, 0.05) is 10.5 Å². The van der Waals surface area contributed by atoms with Gasteiger partial charge in [-0.25, -0.2) is 4.98 Å². The van der Waals surface area contributed by atoms with Gasteiger partial charge < -0.3 is 0 Å². The molecule has 0 aliphatic carbocycles. The summed E-state index contributed by atoms with van der Waals surface area (Å²) in [5, 5.41) is 6.90. The zero-order valence-corrected chi connectivity index (χ0v) is 10.5. The molecule has 4 heteroatoms. The first-order valence-corrected chi connectivity index (χ1v) is 6.49. The maximum absolute atomic E-state index is 4.22. The molecule has 0 bridgehead atoms. The van der Waals surface area contributed by atoms with Gasteiger partial charge in [-0.05, 0) is 23.8 Å². The number of hydrogen-bond acceptors (Lipinski definition) is 3. The normalized spacial score (nSPS) is 11.0. The van der Waals surface area contributed by atoms with E-state index in [2.05, 4.69) is 53.5 Å². The summed E-state index contributed by atoms with van der Waals surface area (Å²) in [5.74, 6) is 1.29. The third kappa shape index (κ3) is 1.97. The molecular formula is C12H15N3S. The second kappa shape index (κ2) is 4.70. The highest BCUT2D eigenvalue weighted by Crippen LogP contribution is 2.34. The molecule has 2 aromatic rings. The highest BCUT2D eigenvalue weighted by molar-refractivity contribution is 7.98. The van der Waals surface area contributed by atoms with Gasteiger partial charge in [0.05, 0.1) is 0 Å². The molecule has 1 heterocycles. The minimum Gasteiger partial charge on any atom is -0.265 e. The lowest BCUT2D eigenvalue weighted by molar-refractivity contribution is 0.842. The molecule has 0 aliphatic rings. The van der Waals surface area contributed by atoms with Crippen molar-refractivity contribution < 1.29 is 0 Å². The van der Waals surface area contributed by atoms with Crippen LogP contribution in [0.5, 0.6) is 0 Å². The van der Waals surface area contributed by atoms with Crippen LogP contribution in [0.15, 0.2) is 29.4 Å². The van der Waals surface area contributed by atoms with Gasteiger partial charge >= 0.3 is 0 Å². The second-order valence-electron chi connectivity index (χ2n) is 3.91. The Balaban J connectivity index is 2.58. The fourth-order valence-corrected chi connectivity index (χ4v) is 2.67. The van der Waals surface area contributed by atoms with Crippen molar-refractivity contribution in [1.82, 2.24) is 15.2 Å². The van der Waals surface area contributed by atoms with Crippen LogP contribution in [0, 0.1) is 0 Å². The zero-order valence-electron chi connectivity index (χ0n) is 9.69. The minimum atomic E-state index is 0.515. The number of aromatic nitrogens is 3. The summed E-state index contributed by atoms with van der Waals surface area (Å²) in [6.45, 7) is 4.41. The molecule has 0 atom stereocenters. The van der Waals surface area contributed by atoms with E-state index in [9.17, 15) is 0 Å². The summed E-state index contributed by atoms with van der Waals surface area (Å²) in [4.78, 5) is 5.49. The van der Waals surface area contributed by atoms with E-state index in [1.54, 1.807) is 18.1 Å². The molecule has 0 amide bonds. The SMILES string of the molecule is CSc1c(-c2nc[nH]n2)cccc1C(C)C. The van der Waals surface area contributed by atoms with Crippen molar-refractivity contribution >= 4 is 11.8 Å². The lowest BCUT2D eigenvalue weighted by atomic mass is 10.0. The molecule has 2 rings (SSSR count). The van der Waals surface area contributed by atoms with Crippen molar-refractivity contribution in [2.45, 2.75) is 24.7 Å². The smallest absolute Gasteiger partial charge is 0.181 e. The van der Waals surface area contributed by atoms with Crippen molar-refractivity contribution in [2.24, 2.45) is 0 Å². The maximum Gasteiger partial charge on any atom is 0.181 e. The van der Waals surface area contributed by atoms with E-state index in [1.165, 1.54) is 10.5 Å². The molecule has 0 saturated carbocycles. The van der Waals surface area contributed by atoms with E-state index < -0.39 is 0 Å². The maximum atomic E-state index is 4.22. The molecule has 0 spiro atoms. The van der Waals surface area contributed by atoms with Crippen molar-refractivity contribution in [2.75, 3.05) is 6.26 Å². The van der Waals surface area contributed by atoms with Crippen molar-refractivity contribution in [3.8, 4) is 11.4 Å². The van der Waals surface area contributed by atoms with Gasteiger partial charge in [0.1, 0.15) is 6.33 Å². The fraction of sp³-hybridized carbons (Fsp3) is 0.333. The summed E-state index contributed by atoms with van der Waals surface area (Å²) >= 11 is 1.75. The lowest BCUT2D eigenvalue weighted by Crippen LogP contribution is -1.94. The van der Waals surface area contributed by atoms with E-state index in [0.29, 0.717) is 5.92 Å². The van der Waals surface area contributed by atoms with Crippen LogP contribution in [0.3, 0.4) is 0 Å². The van der Waals surface area contributed by atoms with Crippen molar-refractivity contribution in [3.05, 3.63) is 30.1 Å². The molecule has 0 radical (unpaired) electrons. The first-order chi connectivity index (χ1) is 7.74. The van der Waals surface area contributed by atoms with Crippen LogP contribution in [-0.4, -0.2) is 21.4 Å². The minimum absolute atomic E-state index is 0.515. The van der Waals surface area contributed by atoms with E-state index >= 15 is 0 Å². The zero-order chi connectivity index (χ0) is 11.5. The summed E-state index contributed by atoms with van der Waals surface area (Å²) in [6.07, 6.45) is 3.71. The molecular weight excluding hydrogens is 218 g/mol. The van der Waals surface area contributed by atoms with Gasteiger partial charge in [-0.15, -0.1) is 11.8 Å². The number of H-pyrrole nitrogens is 1. The quantitative estimate of drug-likeness (QED) is 0.827. The van der Waals surface area contributed by atoms with Crippen LogP contribution < -0.4 is 0 Å². The third-order valence-electron chi connectivity index (χ3n) is 2.53. The Kier molecular flexibility index (Phi) is 3.29. The fourth-order valence-electron chi connectivity index (χ4n) is 1.75. The monoisotopic (exact) mass is 233 g/mol. The first-order valence-electron chi connectivity index (χ1n) is 5.27. The van der Waals surface area contributed by atoms with Gasteiger partial charge in [0.15, 0.2) is 5.82 Å². The molecule has 16 heavy (non-hydrogen) atoms. The molecule has 1 aromatic carbocycles. The van der Waals surface area contributed by atoms with Gasteiger partial charge in [-0.1, -0.05) is 26.0 Å². The van der Waals surface area contributed by atoms with Gasteiger partial charge in [-0.3, -0.25) is 5.10 Å². The molecule has 1 N–H and O–H groups in total. The standard InChI is InChI=1S/C12H15N3S/c1-8(2)9-5-4-6-10(11(9)16-3)12-13-7-14-15-12/h4-8H,1-3H3,(H,13,14,15). The number of thioether (sulfide) groups is 1. The van der Waals surface area contributed by atoms with Crippen LogP contribution in [0.1, 0.15) is 25.3 Å². The summed E-state index contributed by atoms with van der Waals surface area (Å²) in [6, 6.07) is 6.31. The van der Waals surface area contributed by atoms with Crippen LogP contribution in [0.25, 0.3) is 11.4 Å². The largest absolute Gasteiger partial charge is 0.265 e. The summed E-state index contributed by atoms with van der Waals surface area (Å²) in [5.41, 5.74) is 2.47. The van der Waals surface area contributed by atoms with Crippen molar-refractivity contribution in [1.29, 1.82) is 0 Å². The topological polar surface area (TPSA) is 41.6 Å². The van der Waals surface area contributed by atoms with E-state index in [0.717, 1.165) is 11.4 Å². The van der Waals surface area contributed by atoms with Crippen LogP contribution in [0.2, 0.25) is 0 Å². The Morgan fingerprint density at radius 3 is 2.69 bits per heavy atom. The Labute approximate surface area is 99.7 Å². The predicted octanol–water partition coefficient (Wildman–Crippen LogP) is 3.32. The van der Waals surface area contributed by atoms with Crippen molar-refractivity contribution in [3.63, 3.8) is 0 Å². The number of rotatable bonds is 3. The van der Waals surface area contributed by atoms with Gasteiger partial charge in [0.2, 0.25) is 0 Å². The second-order valence-corrected chi connectivity index (χ2v) is 4.72. The van der Waals surface area contributed by atoms with Crippen LogP contribution in [0.4, 0.5) is 0 Å². The lowest BCUT2D eigenvalue weighted by Gasteiger charge is -2.13. The molecule has 0 aliphatic heterocycles. The Hall–Kier alpha value is -1.29. The number of hydrogen-bond donors (Lipinski definition) is 1. The Morgan fingerprint density at radius 2 is 2.12 bits per heavy atom. The summed E-state index contributed by atoms with van der Waals surface area (Å²) < 4.78 is 0. The van der Waals surface area contributed by atoms with Crippen LogP contribution >= 0.6 is 11.8 Å². The Morgan fingerprint density at radius 1 is 1.31 bits per heavy atom. The highest BCUT2D eigenvalue weighted by Gasteiger charge is 2.13.